The smallest absolute Gasteiger partial charge is 0.140 e. The maximum Gasteiger partial charge on any atom is 0.140 e. The van der Waals surface area contributed by atoms with E-state index >= 15 is 0 Å². The Morgan fingerprint density at radius 2 is 0.955 bits per heavy atom. The van der Waals surface area contributed by atoms with E-state index in [0.717, 1.165) is 12.8 Å². The van der Waals surface area contributed by atoms with E-state index in [-0.39, 0.29) is 0 Å². The predicted octanol–water partition coefficient (Wildman–Crippen LogP) is 6.52. The average molecular weight is 310 g/mol. The molecule has 0 radical (unpaired) electrons. The highest BCUT2D eigenvalue weighted by molar-refractivity contribution is 4.81. The van der Waals surface area contributed by atoms with Gasteiger partial charge >= 0.3 is 0 Å². The Balaban J connectivity index is 2.99. The van der Waals surface area contributed by atoms with E-state index in [0.29, 0.717) is 6.42 Å². The van der Waals surface area contributed by atoms with E-state index < -0.39 is 6.10 Å². The van der Waals surface area contributed by atoms with E-state index in [1.54, 1.807) is 0 Å². The van der Waals surface area contributed by atoms with Crippen LogP contribution in [0.1, 0.15) is 116 Å². The first-order valence-electron chi connectivity index (χ1n) is 9.89. The first-order valence-corrected chi connectivity index (χ1v) is 9.89. The molecular weight excluding hydrogens is 270 g/mol. The molecule has 0 aliphatic heterocycles. The Morgan fingerprint density at radius 3 is 1.27 bits per heavy atom. The Morgan fingerprint density at radius 1 is 0.636 bits per heavy atom. The van der Waals surface area contributed by atoms with Crippen LogP contribution in [-0.2, 0) is 0 Å². The maximum atomic E-state index is 9.11. The molecule has 1 unspecified atom stereocenters. The molecule has 0 bridgehead atoms. The van der Waals surface area contributed by atoms with Gasteiger partial charge in [-0.2, -0.15) is 5.26 Å². The molecule has 0 aliphatic rings. The highest BCUT2D eigenvalue weighted by Gasteiger charge is 2.00. The van der Waals surface area contributed by atoms with Crippen LogP contribution in [0.5, 0.6) is 0 Å². The second-order valence-electron chi connectivity index (χ2n) is 6.74. The maximum absolute atomic E-state index is 9.11. The highest BCUT2D eigenvalue weighted by atomic mass is 16.3. The lowest BCUT2D eigenvalue weighted by Gasteiger charge is -2.04. The number of rotatable bonds is 17. The topological polar surface area (TPSA) is 44.0 Å². The molecule has 1 N–H and O–H groups in total. The van der Waals surface area contributed by atoms with Gasteiger partial charge in [-0.3, -0.25) is 0 Å². The number of aliphatic hydroxyl groups excluding tert-OH is 1. The lowest BCUT2D eigenvalue weighted by atomic mass is 10.0. The van der Waals surface area contributed by atoms with Crippen LogP contribution in [0.25, 0.3) is 0 Å². The van der Waals surface area contributed by atoms with Gasteiger partial charge in [0.1, 0.15) is 6.10 Å². The summed E-state index contributed by atoms with van der Waals surface area (Å²) < 4.78 is 0. The van der Waals surface area contributed by atoms with Crippen molar-refractivity contribution in [1.82, 2.24) is 0 Å². The monoisotopic (exact) mass is 309 g/mol. The number of unbranched alkanes of at least 4 members (excludes halogenated alkanes) is 15. The quantitative estimate of drug-likeness (QED) is 0.245. The summed E-state index contributed by atoms with van der Waals surface area (Å²) in [6.45, 7) is 2.28. The third-order valence-corrected chi connectivity index (χ3v) is 4.48. The molecule has 0 saturated carbocycles. The van der Waals surface area contributed by atoms with Crippen molar-refractivity contribution in [2.75, 3.05) is 0 Å². The van der Waals surface area contributed by atoms with Gasteiger partial charge in [-0.25, -0.2) is 0 Å². The fourth-order valence-corrected chi connectivity index (χ4v) is 2.95. The van der Waals surface area contributed by atoms with Crippen molar-refractivity contribution in [3.8, 4) is 6.07 Å². The molecule has 0 aliphatic carbocycles. The molecule has 0 fully saturated rings. The fraction of sp³-hybridized carbons (Fsp3) is 0.950. The Kier molecular flexibility index (Phi) is 18.0. The van der Waals surface area contributed by atoms with Gasteiger partial charge in [-0.15, -0.1) is 0 Å². The van der Waals surface area contributed by atoms with Crippen molar-refractivity contribution in [2.24, 2.45) is 0 Å². The van der Waals surface area contributed by atoms with Gasteiger partial charge in [-0.1, -0.05) is 103 Å². The second kappa shape index (κ2) is 18.5. The van der Waals surface area contributed by atoms with Gasteiger partial charge in [-0.05, 0) is 12.8 Å². The van der Waals surface area contributed by atoms with E-state index in [9.17, 15) is 0 Å². The summed E-state index contributed by atoms with van der Waals surface area (Å²) in [6.07, 6.45) is 21.6. The van der Waals surface area contributed by atoms with Gasteiger partial charge in [0.15, 0.2) is 0 Å². The molecule has 0 amide bonds. The third kappa shape index (κ3) is 17.5. The molecule has 0 heterocycles. The number of nitrogens with zero attached hydrogens (tertiary/aromatic N) is 1. The first-order chi connectivity index (χ1) is 10.8. The minimum absolute atomic E-state index is 0.648. The van der Waals surface area contributed by atoms with E-state index in [1.165, 1.54) is 89.9 Å². The summed E-state index contributed by atoms with van der Waals surface area (Å²) in [7, 11) is 0. The van der Waals surface area contributed by atoms with Crippen LogP contribution in [0, 0.1) is 11.3 Å². The van der Waals surface area contributed by atoms with Gasteiger partial charge in [0.05, 0.1) is 6.07 Å². The van der Waals surface area contributed by atoms with Crippen LogP contribution in [0.2, 0.25) is 0 Å². The molecule has 0 spiro atoms. The minimum Gasteiger partial charge on any atom is -0.378 e. The fourth-order valence-electron chi connectivity index (χ4n) is 2.95. The summed E-state index contributed by atoms with van der Waals surface area (Å²) in [5, 5.41) is 17.6. The summed E-state index contributed by atoms with van der Waals surface area (Å²) in [5.41, 5.74) is 0. The molecule has 0 saturated heterocycles. The van der Waals surface area contributed by atoms with Crippen LogP contribution in [0.15, 0.2) is 0 Å². The molecular formula is C20H39NO. The van der Waals surface area contributed by atoms with Gasteiger partial charge in [0, 0.05) is 0 Å². The Hall–Kier alpha value is -0.550. The molecule has 0 rings (SSSR count). The number of aliphatic hydroxyl groups is 1. The van der Waals surface area contributed by atoms with Crippen molar-refractivity contribution >= 4 is 0 Å². The molecule has 2 heteroatoms. The summed E-state index contributed by atoms with van der Waals surface area (Å²) in [5.74, 6) is 0. The molecule has 0 aromatic heterocycles. The van der Waals surface area contributed by atoms with E-state index in [4.69, 9.17) is 10.4 Å². The zero-order chi connectivity index (χ0) is 16.3. The first kappa shape index (κ1) is 21.4. The second-order valence-corrected chi connectivity index (χ2v) is 6.74. The lowest BCUT2D eigenvalue weighted by Crippen LogP contribution is -2.01. The largest absolute Gasteiger partial charge is 0.378 e. The van der Waals surface area contributed by atoms with Crippen molar-refractivity contribution in [3.05, 3.63) is 0 Å². The molecule has 1 atom stereocenters. The zero-order valence-electron chi connectivity index (χ0n) is 15.0. The molecule has 130 valence electrons. The van der Waals surface area contributed by atoms with Crippen LogP contribution in [0.3, 0.4) is 0 Å². The normalized spacial score (nSPS) is 12.2. The predicted molar refractivity (Wildman–Crippen MR) is 95.8 cm³/mol. The van der Waals surface area contributed by atoms with Crippen LogP contribution < -0.4 is 0 Å². The number of hydrogen-bond donors (Lipinski definition) is 1. The van der Waals surface area contributed by atoms with Crippen molar-refractivity contribution in [2.45, 2.75) is 122 Å². The molecule has 22 heavy (non-hydrogen) atoms. The van der Waals surface area contributed by atoms with E-state index in [1.807, 2.05) is 6.07 Å². The van der Waals surface area contributed by atoms with Crippen molar-refractivity contribution < 1.29 is 5.11 Å². The standard InChI is InChI=1S/C20H39NO/c1-2-3-4-5-6-7-8-9-10-11-12-13-14-15-16-17-18-20(22)19-21/h20,22H,2-18H2,1H3. The van der Waals surface area contributed by atoms with Crippen molar-refractivity contribution in [1.29, 1.82) is 5.26 Å². The van der Waals surface area contributed by atoms with Crippen LogP contribution >= 0.6 is 0 Å². The van der Waals surface area contributed by atoms with E-state index in [2.05, 4.69) is 6.92 Å². The van der Waals surface area contributed by atoms with Gasteiger partial charge in [0.2, 0.25) is 0 Å². The Labute approximate surface area is 139 Å². The molecule has 0 aromatic carbocycles. The zero-order valence-corrected chi connectivity index (χ0v) is 15.0. The highest BCUT2D eigenvalue weighted by Crippen LogP contribution is 2.14. The summed E-state index contributed by atoms with van der Waals surface area (Å²) in [6, 6.07) is 1.87. The summed E-state index contributed by atoms with van der Waals surface area (Å²) in [4.78, 5) is 0. The molecule has 2 nitrogen and oxygen atoms in total. The lowest BCUT2D eigenvalue weighted by molar-refractivity contribution is 0.215. The third-order valence-electron chi connectivity index (χ3n) is 4.48. The van der Waals surface area contributed by atoms with Gasteiger partial charge in [0.25, 0.3) is 0 Å². The Bertz CT molecular complexity index is 247. The minimum atomic E-state index is -0.744. The average Bonchev–Trinajstić information content (AvgIpc) is 2.54. The van der Waals surface area contributed by atoms with Crippen LogP contribution in [0.4, 0.5) is 0 Å². The SMILES string of the molecule is CCCCCCCCCCCCCCCCCCC(O)C#N. The van der Waals surface area contributed by atoms with Crippen molar-refractivity contribution in [3.63, 3.8) is 0 Å². The number of nitriles is 1. The van der Waals surface area contributed by atoms with Gasteiger partial charge < -0.3 is 5.11 Å². The van der Waals surface area contributed by atoms with Crippen LogP contribution in [-0.4, -0.2) is 11.2 Å². The summed E-state index contributed by atoms with van der Waals surface area (Å²) >= 11 is 0. The molecule has 0 aromatic rings. The number of hydrogen-bond acceptors (Lipinski definition) is 2.